The lowest BCUT2D eigenvalue weighted by atomic mass is 10.6. The van der Waals surface area contributed by atoms with Gasteiger partial charge in [-0.3, -0.25) is 0 Å². The molecule has 2 aromatic heterocycles. The molecule has 10 heavy (non-hydrogen) atoms. The second kappa shape index (κ2) is 1.63. The number of H-pyrrole nitrogens is 1. The summed E-state index contributed by atoms with van der Waals surface area (Å²) < 4.78 is 0.554. The van der Waals surface area contributed by atoms with E-state index >= 15 is 0 Å². The zero-order valence-electron chi connectivity index (χ0n) is 4.85. The molecule has 0 aliphatic carbocycles. The van der Waals surface area contributed by atoms with E-state index in [-0.39, 0.29) is 5.65 Å². The Labute approximate surface area is 55.1 Å². The third kappa shape index (κ3) is 0.524. The molecule has 0 spiro atoms. The summed E-state index contributed by atoms with van der Waals surface area (Å²) >= 11 is 0. The van der Waals surface area contributed by atoms with Crippen LogP contribution in [0.3, 0.4) is 0 Å². The Balaban J connectivity index is 2.95. The van der Waals surface area contributed by atoms with Gasteiger partial charge in [-0.15, -0.1) is 4.98 Å². The Kier molecular flexibility index (Phi) is 0.830. The van der Waals surface area contributed by atoms with Crippen LogP contribution in [0.25, 0.3) is 11.2 Å². The summed E-state index contributed by atoms with van der Waals surface area (Å²) in [7, 11) is 0. The third-order valence-corrected chi connectivity index (χ3v) is 1.14. The lowest BCUT2D eigenvalue weighted by molar-refractivity contribution is -0.582. The summed E-state index contributed by atoms with van der Waals surface area (Å²) in [5.41, 5.74) is 0.799. The molecule has 0 radical (unpaired) electrons. The molecular formula is C4H3N5O. The van der Waals surface area contributed by atoms with E-state index in [9.17, 15) is 5.21 Å². The highest BCUT2D eigenvalue weighted by Gasteiger charge is 2.03. The predicted octanol–water partition coefficient (Wildman–Crippen LogP) is -1.01. The summed E-state index contributed by atoms with van der Waals surface area (Å²) in [6.07, 6.45) is 2.62. The minimum Gasteiger partial charge on any atom is -0.740 e. The van der Waals surface area contributed by atoms with Crippen LogP contribution in [0.15, 0.2) is 12.5 Å². The number of fused-ring (bicyclic) bond motifs is 1. The molecule has 0 saturated heterocycles. The van der Waals surface area contributed by atoms with Crippen molar-refractivity contribution in [2.75, 3.05) is 0 Å². The quantitative estimate of drug-likeness (QED) is 0.372. The Morgan fingerprint density at radius 1 is 1.60 bits per heavy atom. The fraction of sp³-hybridized carbons (Fsp3) is 0. The Bertz CT molecular complexity index is 355. The smallest absolute Gasteiger partial charge is 0.318 e. The third-order valence-electron chi connectivity index (χ3n) is 1.14. The molecule has 1 N–H and O–H groups in total. The van der Waals surface area contributed by atoms with Crippen LogP contribution in [-0.2, 0) is 0 Å². The summed E-state index contributed by atoms with van der Waals surface area (Å²) in [4.78, 5) is 3.62. The molecule has 0 bridgehead atoms. The van der Waals surface area contributed by atoms with Gasteiger partial charge in [0, 0.05) is 10.3 Å². The number of nitrogens with one attached hydrogen (secondary N) is 1. The monoisotopic (exact) mass is 137 g/mol. The lowest BCUT2D eigenvalue weighted by Gasteiger charge is -1.96. The van der Waals surface area contributed by atoms with E-state index in [1.54, 1.807) is 0 Å². The second-order valence-electron chi connectivity index (χ2n) is 1.77. The predicted molar refractivity (Wildman–Crippen MR) is 30.6 cm³/mol. The number of nitrogens with zero attached hydrogens (tertiary/aromatic N) is 4. The van der Waals surface area contributed by atoms with Crippen molar-refractivity contribution < 1.29 is 4.73 Å². The van der Waals surface area contributed by atoms with Crippen molar-refractivity contribution in [2.24, 2.45) is 0 Å². The number of rotatable bonds is 0. The molecule has 0 aromatic carbocycles. The molecule has 2 aromatic rings. The Hall–Kier alpha value is -1.72. The van der Waals surface area contributed by atoms with Crippen molar-refractivity contribution >= 4 is 11.2 Å². The summed E-state index contributed by atoms with van der Waals surface area (Å²) in [5, 5.41) is 20.2. The standard InChI is InChI=1S/C4H3N5O/c10-9-2-5-1-3-4(9)7-8-6-3/h1-2H,(H,6,7,8). The molecule has 2 rings (SSSR count). The van der Waals surface area contributed by atoms with Gasteiger partial charge in [0.2, 0.25) is 6.33 Å². The van der Waals surface area contributed by atoms with Gasteiger partial charge < -0.3 is 5.21 Å². The van der Waals surface area contributed by atoms with E-state index in [0.717, 1.165) is 6.33 Å². The highest BCUT2D eigenvalue weighted by atomic mass is 16.5. The summed E-state index contributed by atoms with van der Waals surface area (Å²) in [6.45, 7) is 0. The highest BCUT2D eigenvalue weighted by molar-refractivity contribution is 5.63. The maximum absolute atomic E-state index is 10.8. The highest BCUT2D eigenvalue weighted by Crippen LogP contribution is 1.95. The van der Waals surface area contributed by atoms with Crippen LogP contribution in [0, 0.1) is 5.21 Å². The van der Waals surface area contributed by atoms with Crippen molar-refractivity contribution in [3.8, 4) is 0 Å². The van der Waals surface area contributed by atoms with Gasteiger partial charge in [0.15, 0.2) is 5.52 Å². The SMILES string of the molecule is [O-][n+]1cncc2[nH]nnc21. The van der Waals surface area contributed by atoms with Gasteiger partial charge in [-0.1, -0.05) is 0 Å². The average Bonchev–Trinajstić information content (AvgIpc) is 2.36. The second-order valence-corrected chi connectivity index (χ2v) is 1.77. The number of hydrogen-bond donors (Lipinski definition) is 1. The van der Waals surface area contributed by atoms with Gasteiger partial charge in [-0.2, -0.15) is 0 Å². The Morgan fingerprint density at radius 2 is 2.50 bits per heavy atom. The van der Waals surface area contributed by atoms with Crippen LogP contribution in [-0.4, -0.2) is 20.4 Å². The molecule has 2 heterocycles. The first-order valence-electron chi connectivity index (χ1n) is 2.62. The molecule has 0 unspecified atom stereocenters. The van der Waals surface area contributed by atoms with Crippen LogP contribution in [0.4, 0.5) is 0 Å². The van der Waals surface area contributed by atoms with Crippen LogP contribution in [0.2, 0.25) is 0 Å². The first kappa shape index (κ1) is 5.10. The fourth-order valence-corrected chi connectivity index (χ4v) is 0.703. The Morgan fingerprint density at radius 3 is 3.30 bits per heavy atom. The van der Waals surface area contributed by atoms with Crippen molar-refractivity contribution in [3.05, 3.63) is 17.7 Å². The number of hydrogen-bond acceptors (Lipinski definition) is 4. The van der Waals surface area contributed by atoms with Crippen molar-refractivity contribution in [1.82, 2.24) is 20.4 Å². The number of aromatic amines is 1. The molecule has 0 aliphatic heterocycles. The van der Waals surface area contributed by atoms with Gasteiger partial charge in [0.25, 0.3) is 0 Å². The van der Waals surface area contributed by atoms with Gasteiger partial charge in [-0.25, -0.2) is 9.83 Å². The van der Waals surface area contributed by atoms with E-state index in [0.29, 0.717) is 10.2 Å². The van der Waals surface area contributed by atoms with Gasteiger partial charge in [-0.05, 0) is 0 Å². The maximum Gasteiger partial charge on any atom is 0.318 e. The van der Waals surface area contributed by atoms with Crippen LogP contribution >= 0.6 is 0 Å². The number of aromatic nitrogens is 5. The largest absolute Gasteiger partial charge is 0.740 e. The average molecular weight is 137 g/mol. The molecule has 0 saturated carbocycles. The van der Waals surface area contributed by atoms with Gasteiger partial charge in [0.1, 0.15) is 6.20 Å². The van der Waals surface area contributed by atoms with E-state index in [1.165, 1.54) is 6.20 Å². The van der Waals surface area contributed by atoms with Crippen molar-refractivity contribution in [3.63, 3.8) is 0 Å². The van der Waals surface area contributed by atoms with E-state index in [1.807, 2.05) is 0 Å². The van der Waals surface area contributed by atoms with E-state index < -0.39 is 0 Å². The van der Waals surface area contributed by atoms with Crippen LogP contribution < -0.4 is 4.73 Å². The van der Waals surface area contributed by atoms with Crippen LogP contribution in [0.5, 0.6) is 0 Å². The molecule has 6 heteroatoms. The lowest BCUT2D eigenvalue weighted by Crippen LogP contribution is -2.27. The first-order chi connectivity index (χ1) is 4.88. The van der Waals surface area contributed by atoms with Gasteiger partial charge >= 0.3 is 5.65 Å². The van der Waals surface area contributed by atoms with Gasteiger partial charge in [0.05, 0.1) is 0 Å². The molecule has 0 amide bonds. The zero-order chi connectivity index (χ0) is 6.97. The molecule has 50 valence electrons. The molecule has 0 atom stereocenters. The molecule has 0 fully saturated rings. The van der Waals surface area contributed by atoms with Crippen LogP contribution in [0.1, 0.15) is 0 Å². The molecular weight excluding hydrogens is 134 g/mol. The topological polar surface area (TPSA) is 81.4 Å². The van der Waals surface area contributed by atoms with Crippen molar-refractivity contribution in [1.29, 1.82) is 0 Å². The zero-order valence-corrected chi connectivity index (χ0v) is 4.85. The minimum atomic E-state index is 0.259. The summed E-state index contributed by atoms with van der Waals surface area (Å²) in [5.74, 6) is 0. The maximum atomic E-state index is 10.8. The fourth-order valence-electron chi connectivity index (χ4n) is 0.703. The molecule has 0 aliphatic rings. The normalized spacial score (nSPS) is 10.4. The van der Waals surface area contributed by atoms with Crippen molar-refractivity contribution in [2.45, 2.75) is 0 Å². The first-order valence-corrected chi connectivity index (χ1v) is 2.62. The molecule has 6 nitrogen and oxygen atoms in total. The summed E-state index contributed by atoms with van der Waals surface area (Å²) in [6, 6.07) is 0. The van der Waals surface area contributed by atoms with E-state index in [4.69, 9.17) is 0 Å². The minimum absolute atomic E-state index is 0.259. The van der Waals surface area contributed by atoms with E-state index in [2.05, 4.69) is 20.4 Å².